The van der Waals surface area contributed by atoms with Crippen molar-refractivity contribution in [2.24, 2.45) is 4.99 Å². The summed E-state index contributed by atoms with van der Waals surface area (Å²) in [5.41, 5.74) is 1.90. The fourth-order valence-electron chi connectivity index (χ4n) is 2.85. The summed E-state index contributed by atoms with van der Waals surface area (Å²) in [6.07, 6.45) is 1.61. The first-order valence-electron chi connectivity index (χ1n) is 9.26. The monoisotopic (exact) mass is 382 g/mol. The molecule has 8 heteroatoms. The smallest absolute Gasteiger partial charge is 0.236 e. The number of fused-ring (bicyclic) bond motifs is 1. The number of guanidine groups is 1. The third-order valence-corrected chi connectivity index (χ3v) is 5.87. The highest BCUT2D eigenvalue weighted by atomic mass is 32.2. The van der Waals surface area contributed by atoms with E-state index in [9.17, 15) is 8.42 Å². The van der Waals surface area contributed by atoms with Crippen LogP contribution in [0.3, 0.4) is 0 Å². The van der Waals surface area contributed by atoms with E-state index < -0.39 is 10.0 Å². The molecule has 0 saturated carbocycles. The van der Waals surface area contributed by atoms with Crippen molar-refractivity contribution in [3.63, 3.8) is 0 Å². The molecule has 1 aliphatic heterocycles. The molecule has 2 N–H and O–H groups in total. The van der Waals surface area contributed by atoms with Crippen molar-refractivity contribution >= 4 is 21.7 Å². The zero-order chi connectivity index (χ0) is 18.8. The van der Waals surface area contributed by atoms with Gasteiger partial charge in [-0.05, 0) is 38.3 Å². The second-order valence-corrected chi connectivity index (χ2v) is 8.02. The van der Waals surface area contributed by atoms with E-state index in [1.54, 1.807) is 0 Å². The first-order valence-corrected chi connectivity index (χ1v) is 10.9. The molecule has 0 unspecified atom stereocenters. The lowest BCUT2D eigenvalue weighted by Crippen LogP contribution is -2.42. The van der Waals surface area contributed by atoms with Crippen LogP contribution in [0.15, 0.2) is 29.3 Å². The summed E-state index contributed by atoms with van der Waals surface area (Å²) in [7, 11) is -3.35. The molecule has 0 spiro atoms. The SMILES string of the molecule is CCNC(=NCCCOCC)NCCS(=O)(=O)N1CCc2ccccc21. The first kappa shape index (κ1) is 20.5. The fraction of sp³-hybridized carbons (Fsp3) is 0.611. The van der Waals surface area contributed by atoms with Gasteiger partial charge in [0.2, 0.25) is 10.0 Å². The Hall–Kier alpha value is -1.80. The van der Waals surface area contributed by atoms with Gasteiger partial charge in [0.15, 0.2) is 5.96 Å². The van der Waals surface area contributed by atoms with Crippen LogP contribution in [0, 0.1) is 0 Å². The van der Waals surface area contributed by atoms with E-state index >= 15 is 0 Å². The number of hydrogen-bond acceptors (Lipinski definition) is 4. The predicted molar refractivity (Wildman–Crippen MR) is 106 cm³/mol. The van der Waals surface area contributed by atoms with Gasteiger partial charge in [0, 0.05) is 39.4 Å². The Balaban J connectivity index is 1.85. The number of rotatable bonds is 10. The molecule has 1 heterocycles. The average molecular weight is 383 g/mol. The van der Waals surface area contributed by atoms with Gasteiger partial charge in [0.05, 0.1) is 11.4 Å². The second-order valence-electron chi connectivity index (χ2n) is 6.00. The molecule has 1 aromatic carbocycles. The minimum atomic E-state index is -3.35. The minimum Gasteiger partial charge on any atom is -0.382 e. The van der Waals surface area contributed by atoms with Gasteiger partial charge in [0.1, 0.15) is 0 Å². The summed E-state index contributed by atoms with van der Waals surface area (Å²) < 4.78 is 32.2. The molecule has 26 heavy (non-hydrogen) atoms. The molecule has 0 amide bonds. The summed E-state index contributed by atoms with van der Waals surface area (Å²) in [6, 6.07) is 7.68. The number of benzene rings is 1. The lowest BCUT2D eigenvalue weighted by molar-refractivity contribution is 0.146. The van der Waals surface area contributed by atoms with Crippen LogP contribution in [-0.2, 0) is 21.2 Å². The lowest BCUT2D eigenvalue weighted by atomic mass is 10.2. The number of nitrogens with one attached hydrogen (secondary N) is 2. The number of ether oxygens (including phenoxy) is 1. The Bertz CT molecular complexity index is 691. The van der Waals surface area contributed by atoms with Gasteiger partial charge in [-0.15, -0.1) is 0 Å². The van der Waals surface area contributed by atoms with Crippen molar-refractivity contribution in [1.82, 2.24) is 10.6 Å². The highest BCUT2D eigenvalue weighted by Crippen LogP contribution is 2.29. The van der Waals surface area contributed by atoms with Crippen LogP contribution in [0.2, 0.25) is 0 Å². The van der Waals surface area contributed by atoms with Crippen LogP contribution < -0.4 is 14.9 Å². The average Bonchev–Trinajstić information content (AvgIpc) is 3.06. The largest absolute Gasteiger partial charge is 0.382 e. The molecule has 0 radical (unpaired) electrons. The Morgan fingerprint density at radius 2 is 2.08 bits per heavy atom. The van der Waals surface area contributed by atoms with Crippen LogP contribution >= 0.6 is 0 Å². The fourth-order valence-corrected chi connectivity index (χ4v) is 4.28. The van der Waals surface area contributed by atoms with E-state index in [1.807, 2.05) is 38.1 Å². The van der Waals surface area contributed by atoms with E-state index in [1.165, 1.54) is 4.31 Å². The Kier molecular flexibility index (Phi) is 8.18. The summed E-state index contributed by atoms with van der Waals surface area (Å²) in [6.45, 7) is 7.54. The number of nitrogens with zero attached hydrogens (tertiary/aromatic N) is 2. The van der Waals surface area contributed by atoms with Crippen molar-refractivity contribution in [3.05, 3.63) is 29.8 Å². The molecule has 1 aromatic rings. The van der Waals surface area contributed by atoms with E-state index in [0.29, 0.717) is 38.8 Å². The maximum atomic E-state index is 12.7. The van der Waals surface area contributed by atoms with E-state index in [-0.39, 0.29) is 5.75 Å². The van der Waals surface area contributed by atoms with Crippen LogP contribution in [-0.4, -0.2) is 59.5 Å². The Morgan fingerprint density at radius 1 is 1.27 bits per heavy atom. The molecule has 0 fully saturated rings. The number of sulfonamides is 1. The van der Waals surface area contributed by atoms with E-state index in [0.717, 1.165) is 30.6 Å². The number of anilines is 1. The van der Waals surface area contributed by atoms with Gasteiger partial charge < -0.3 is 15.4 Å². The summed E-state index contributed by atoms with van der Waals surface area (Å²) in [5.74, 6) is 0.672. The zero-order valence-corrected chi connectivity index (χ0v) is 16.5. The highest BCUT2D eigenvalue weighted by Gasteiger charge is 2.28. The molecule has 0 bridgehead atoms. The van der Waals surface area contributed by atoms with Crippen molar-refractivity contribution < 1.29 is 13.2 Å². The van der Waals surface area contributed by atoms with Crippen LogP contribution in [0.25, 0.3) is 0 Å². The second kappa shape index (κ2) is 10.4. The molecular weight excluding hydrogens is 352 g/mol. The van der Waals surface area contributed by atoms with Gasteiger partial charge in [-0.2, -0.15) is 0 Å². The Morgan fingerprint density at radius 3 is 2.85 bits per heavy atom. The molecule has 146 valence electrons. The highest BCUT2D eigenvalue weighted by molar-refractivity contribution is 7.92. The Labute approximate surface area is 156 Å². The zero-order valence-electron chi connectivity index (χ0n) is 15.7. The minimum absolute atomic E-state index is 0.0324. The first-order chi connectivity index (χ1) is 12.6. The van der Waals surface area contributed by atoms with Crippen molar-refractivity contribution in [3.8, 4) is 0 Å². The summed E-state index contributed by atoms with van der Waals surface area (Å²) in [5, 5.41) is 6.24. The molecule has 0 atom stereocenters. The van der Waals surface area contributed by atoms with Gasteiger partial charge in [-0.25, -0.2) is 8.42 Å². The van der Waals surface area contributed by atoms with Crippen molar-refractivity contribution in [2.75, 3.05) is 49.5 Å². The number of para-hydroxylation sites is 1. The van der Waals surface area contributed by atoms with Crippen molar-refractivity contribution in [2.45, 2.75) is 26.7 Å². The topological polar surface area (TPSA) is 83.0 Å². The van der Waals surface area contributed by atoms with Gasteiger partial charge in [0.25, 0.3) is 0 Å². The lowest BCUT2D eigenvalue weighted by Gasteiger charge is -2.20. The number of aliphatic imine (C=N–C) groups is 1. The van der Waals surface area contributed by atoms with Gasteiger partial charge in [-0.1, -0.05) is 18.2 Å². The van der Waals surface area contributed by atoms with Crippen LogP contribution in [0.1, 0.15) is 25.8 Å². The van der Waals surface area contributed by atoms with Crippen LogP contribution in [0.5, 0.6) is 0 Å². The molecule has 2 rings (SSSR count). The maximum Gasteiger partial charge on any atom is 0.236 e. The molecule has 0 aromatic heterocycles. The van der Waals surface area contributed by atoms with E-state index in [4.69, 9.17) is 4.74 Å². The third-order valence-electron chi connectivity index (χ3n) is 4.10. The molecule has 7 nitrogen and oxygen atoms in total. The van der Waals surface area contributed by atoms with Gasteiger partial charge in [-0.3, -0.25) is 9.30 Å². The molecule has 0 aliphatic carbocycles. The standard InChI is InChI=1S/C18H30N4O3S/c1-3-19-18(20-11-7-14-25-4-2)21-12-15-26(23,24)22-13-10-16-8-5-6-9-17(16)22/h5-6,8-9H,3-4,7,10-15H2,1-2H3,(H2,19,20,21). The quantitative estimate of drug-likeness (QED) is 0.363. The number of hydrogen-bond donors (Lipinski definition) is 2. The van der Waals surface area contributed by atoms with Crippen LogP contribution in [0.4, 0.5) is 5.69 Å². The van der Waals surface area contributed by atoms with E-state index in [2.05, 4.69) is 15.6 Å². The summed E-state index contributed by atoms with van der Waals surface area (Å²) >= 11 is 0. The maximum absolute atomic E-state index is 12.7. The molecule has 0 saturated heterocycles. The molecule has 1 aliphatic rings. The molecular formula is C18H30N4O3S. The van der Waals surface area contributed by atoms with Crippen molar-refractivity contribution in [1.29, 1.82) is 0 Å². The summed E-state index contributed by atoms with van der Waals surface area (Å²) in [4.78, 5) is 4.44. The third kappa shape index (κ3) is 5.88. The predicted octanol–water partition coefficient (Wildman–Crippen LogP) is 1.36. The van der Waals surface area contributed by atoms with Gasteiger partial charge >= 0.3 is 0 Å². The normalized spacial score (nSPS) is 14.4.